The lowest BCUT2D eigenvalue weighted by atomic mass is 9.94. The van der Waals surface area contributed by atoms with E-state index in [2.05, 4.69) is 31.1 Å². The Morgan fingerprint density at radius 3 is 2.37 bits per heavy atom. The topological polar surface area (TPSA) is 12.9 Å². The monoisotopic (exact) mass is 497 g/mol. The summed E-state index contributed by atoms with van der Waals surface area (Å²) < 4.78 is 38.8. The van der Waals surface area contributed by atoms with Gasteiger partial charge in [-0.1, -0.05) is 49.7 Å². The maximum absolute atomic E-state index is 14.0. The molecule has 0 aliphatic heterocycles. The largest absolute Gasteiger partial charge is 0.259 e. The minimum Gasteiger partial charge on any atom is -0.259 e. The van der Waals surface area contributed by atoms with E-state index < -0.39 is 11.6 Å². The van der Waals surface area contributed by atoms with Crippen molar-refractivity contribution in [1.82, 2.24) is 4.98 Å². The van der Waals surface area contributed by atoms with Crippen LogP contribution in [0.2, 0.25) is 5.02 Å². The van der Waals surface area contributed by atoms with Gasteiger partial charge in [-0.15, -0.1) is 6.58 Å². The lowest BCUT2D eigenvalue weighted by Crippen LogP contribution is -1.93. The standard InChI is InChI=1S/C21H23ClFN.C9H8F2/c1-5-6-7-16(10-18-11-19(22)13-24-15(18)4)17-8-9-21(23)20(12-17)14(2)3;1-2-3-7-4-5-8(10)9(11)6-7/h8-13H,2,5-7H2,1,3-4H3;2,4-6H,1,3H2/b16-10-;. The highest BCUT2D eigenvalue weighted by Crippen LogP contribution is 2.29. The number of rotatable bonds is 8. The molecule has 0 saturated heterocycles. The fourth-order valence-corrected chi connectivity index (χ4v) is 3.58. The lowest BCUT2D eigenvalue weighted by molar-refractivity contribution is 0.507. The minimum absolute atomic E-state index is 0.235. The zero-order valence-corrected chi connectivity index (χ0v) is 21.2. The number of unbranched alkanes of at least 4 members (excludes halogenated alkanes) is 1. The molecule has 184 valence electrons. The molecule has 2 aromatic carbocycles. The van der Waals surface area contributed by atoms with Crippen LogP contribution in [0, 0.1) is 24.4 Å². The first-order valence-electron chi connectivity index (χ1n) is 11.5. The molecule has 0 unspecified atom stereocenters. The highest BCUT2D eigenvalue weighted by Gasteiger charge is 2.09. The van der Waals surface area contributed by atoms with Crippen molar-refractivity contribution in [2.24, 2.45) is 0 Å². The normalized spacial score (nSPS) is 11.0. The molecule has 1 aromatic heterocycles. The van der Waals surface area contributed by atoms with E-state index in [0.29, 0.717) is 17.0 Å². The molecular formula is C30H31ClF3N. The SMILES string of the molecule is C=C(C)c1cc(/C(=C\c2cc(Cl)cnc2C)CCCC)ccc1F.C=CCc1ccc(F)c(F)c1. The lowest BCUT2D eigenvalue weighted by Gasteiger charge is -2.12. The predicted octanol–water partition coefficient (Wildman–Crippen LogP) is 9.64. The van der Waals surface area contributed by atoms with Crippen molar-refractivity contribution in [3.63, 3.8) is 0 Å². The molecular weight excluding hydrogens is 467 g/mol. The van der Waals surface area contributed by atoms with Crippen LogP contribution in [-0.2, 0) is 6.42 Å². The van der Waals surface area contributed by atoms with Gasteiger partial charge in [0.05, 0.1) is 5.02 Å². The van der Waals surface area contributed by atoms with Crippen molar-refractivity contribution in [1.29, 1.82) is 0 Å². The van der Waals surface area contributed by atoms with Crippen molar-refractivity contribution in [3.8, 4) is 0 Å². The first kappa shape index (κ1) is 28.1. The average Bonchev–Trinajstić information content (AvgIpc) is 2.82. The molecule has 0 aliphatic rings. The van der Waals surface area contributed by atoms with Crippen LogP contribution in [0.15, 0.2) is 67.9 Å². The number of hydrogen-bond acceptors (Lipinski definition) is 1. The van der Waals surface area contributed by atoms with E-state index in [4.69, 9.17) is 11.6 Å². The van der Waals surface area contributed by atoms with Crippen LogP contribution in [0.1, 0.15) is 61.1 Å². The minimum atomic E-state index is -0.808. The van der Waals surface area contributed by atoms with Gasteiger partial charge in [-0.2, -0.15) is 0 Å². The third kappa shape index (κ3) is 8.56. The summed E-state index contributed by atoms with van der Waals surface area (Å²) in [6, 6.07) is 11.0. The van der Waals surface area contributed by atoms with E-state index in [1.54, 1.807) is 18.3 Å². The van der Waals surface area contributed by atoms with Crippen molar-refractivity contribution in [2.45, 2.75) is 46.5 Å². The van der Waals surface area contributed by atoms with E-state index >= 15 is 0 Å². The van der Waals surface area contributed by atoms with Crippen LogP contribution in [0.4, 0.5) is 13.2 Å². The Morgan fingerprint density at radius 1 is 1.03 bits per heavy atom. The number of benzene rings is 2. The van der Waals surface area contributed by atoms with Crippen LogP contribution >= 0.6 is 11.6 Å². The molecule has 1 heterocycles. The van der Waals surface area contributed by atoms with Crippen LogP contribution in [0.3, 0.4) is 0 Å². The maximum Gasteiger partial charge on any atom is 0.159 e. The maximum atomic E-state index is 14.0. The second-order valence-electron chi connectivity index (χ2n) is 8.32. The van der Waals surface area contributed by atoms with Gasteiger partial charge in [-0.25, -0.2) is 13.2 Å². The average molecular weight is 498 g/mol. The molecule has 0 amide bonds. The highest BCUT2D eigenvalue weighted by atomic mass is 35.5. The smallest absolute Gasteiger partial charge is 0.159 e. The van der Waals surface area contributed by atoms with Gasteiger partial charge in [0.15, 0.2) is 11.6 Å². The summed E-state index contributed by atoms with van der Waals surface area (Å²) in [5, 5.41) is 0.614. The van der Waals surface area contributed by atoms with Gasteiger partial charge in [0.2, 0.25) is 0 Å². The summed E-state index contributed by atoms with van der Waals surface area (Å²) in [6.45, 7) is 13.3. The molecule has 0 atom stereocenters. The zero-order chi connectivity index (χ0) is 26.0. The number of pyridine rings is 1. The molecule has 0 bridgehead atoms. The van der Waals surface area contributed by atoms with Gasteiger partial charge in [-0.3, -0.25) is 4.98 Å². The summed E-state index contributed by atoms with van der Waals surface area (Å²) in [4.78, 5) is 4.31. The van der Waals surface area contributed by atoms with Crippen LogP contribution < -0.4 is 0 Å². The Bertz CT molecular complexity index is 1210. The summed E-state index contributed by atoms with van der Waals surface area (Å²) in [5.41, 5.74) is 6.12. The molecule has 5 heteroatoms. The molecule has 3 rings (SSSR count). The van der Waals surface area contributed by atoms with Gasteiger partial charge in [0.1, 0.15) is 5.82 Å². The molecule has 35 heavy (non-hydrogen) atoms. The third-order valence-corrected chi connectivity index (χ3v) is 5.59. The van der Waals surface area contributed by atoms with E-state index in [1.807, 2.05) is 32.0 Å². The zero-order valence-electron chi connectivity index (χ0n) is 20.5. The van der Waals surface area contributed by atoms with E-state index in [-0.39, 0.29) is 5.82 Å². The molecule has 0 saturated carbocycles. The third-order valence-electron chi connectivity index (χ3n) is 5.38. The van der Waals surface area contributed by atoms with Gasteiger partial charge in [0, 0.05) is 17.5 Å². The Morgan fingerprint density at radius 2 is 1.74 bits per heavy atom. The number of hydrogen-bond donors (Lipinski definition) is 0. The Kier molecular flexibility index (Phi) is 11.0. The summed E-state index contributed by atoms with van der Waals surface area (Å²) >= 11 is 6.09. The molecule has 0 aliphatic carbocycles. The second-order valence-corrected chi connectivity index (χ2v) is 8.75. The number of aromatic nitrogens is 1. The van der Waals surface area contributed by atoms with Gasteiger partial charge in [0.25, 0.3) is 0 Å². The first-order valence-corrected chi connectivity index (χ1v) is 11.9. The van der Waals surface area contributed by atoms with E-state index in [0.717, 1.165) is 58.9 Å². The van der Waals surface area contributed by atoms with Gasteiger partial charge < -0.3 is 0 Å². The number of nitrogens with zero attached hydrogens (tertiary/aromatic N) is 1. The van der Waals surface area contributed by atoms with Crippen molar-refractivity contribution < 1.29 is 13.2 Å². The fourth-order valence-electron chi connectivity index (χ4n) is 3.41. The Balaban J connectivity index is 0.000000328. The molecule has 0 radical (unpaired) electrons. The molecule has 0 fully saturated rings. The number of allylic oxidation sites excluding steroid dienone is 3. The van der Waals surface area contributed by atoms with Crippen molar-refractivity contribution >= 4 is 28.8 Å². The Labute approximate surface area is 211 Å². The molecule has 1 nitrogen and oxygen atoms in total. The van der Waals surface area contributed by atoms with Crippen LogP contribution in [0.25, 0.3) is 17.2 Å². The fraction of sp³-hybridized carbons (Fsp3) is 0.233. The first-order chi connectivity index (χ1) is 16.7. The molecule has 0 N–H and O–H groups in total. The van der Waals surface area contributed by atoms with E-state index in [1.165, 1.54) is 12.1 Å². The van der Waals surface area contributed by atoms with Crippen molar-refractivity contribution in [2.75, 3.05) is 0 Å². The highest BCUT2D eigenvalue weighted by molar-refractivity contribution is 6.30. The van der Waals surface area contributed by atoms with Crippen LogP contribution in [0.5, 0.6) is 0 Å². The summed E-state index contributed by atoms with van der Waals surface area (Å²) in [7, 11) is 0. The quantitative estimate of drug-likeness (QED) is 0.282. The number of aryl methyl sites for hydroxylation is 1. The van der Waals surface area contributed by atoms with Crippen LogP contribution in [-0.4, -0.2) is 4.98 Å². The Hall–Kier alpha value is -3.11. The van der Waals surface area contributed by atoms with Crippen molar-refractivity contribution in [3.05, 3.63) is 118 Å². The predicted molar refractivity (Wildman–Crippen MR) is 143 cm³/mol. The van der Waals surface area contributed by atoms with E-state index in [9.17, 15) is 13.2 Å². The second kappa shape index (κ2) is 13.7. The van der Waals surface area contributed by atoms with Gasteiger partial charge in [-0.05, 0) is 97.4 Å². The summed E-state index contributed by atoms with van der Waals surface area (Å²) in [6.07, 6.45) is 9.06. The summed E-state index contributed by atoms with van der Waals surface area (Å²) in [5.74, 6) is -1.84. The van der Waals surface area contributed by atoms with Gasteiger partial charge >= 0.3 is 0 Å². The molecule has 0 spiro atoms. The number of halogens is 4. The molecule has 3 aromatic rings.